The molecule has 4 heteroatoms. The molecule has 2 aromatic heterocycles. The van der Waals surface area contributed by atoms with Crippen molar-refractivity contribution in [2.24, 2.45) is 0 Å². The zero-order valence-corrected chi connectivity index (χ0v) is 10.8. The predicted octanol–water partition coefficient (Wildman–Crippen LogP) is 3.53. The van der Waals surface area contributed by atoms with E-state index < -0.39 is 0 Å². The Morgan fingerprint density at radius 2 is 1.50 bits per heavy atom. The van der Waals surface area contributed by atoms with Crippen molar-refractivity contribution in [3.63, 3.8) is 0 Å². The van der Waals surface area contributed by atoms with Crippen molar-refractivity contribution in [3.8, 4) is 0 Å². The monoisotopic (exact) mass is 262 g/mol. The summed E-state index contributed by atoms with van der Waals surface area (Å²) in [5.74, 6) is 2.03. The molecule has 2 heterocycles. The SMILES string of the molecule is Nc1cccc(N(c2ccccc2)c2ccccn2)n1. The number of hydrogen-bond donors (Lipinski definition) is 1. The number of nitrogens with zero attached hydrogens (tertiary/aromatic N) is 3. The lowest BCUT2D eigenvalue weighted by molar-refractivity contribution is 1.13. The van der Waals surface area contributed by atoms with Crippen LogP contribution in [0.1, 0.15) is 0 Å². The van der Waals surface area contributed by atoms with Crippen molar-refractivity contribution < 1.29 is 0 Å². The Balaban J connectivity index is 2.14. The van der Waals surface area contributed by atoms with E-state index >= 15 is 0 Å². The normalized spacial score (nSPS) is 10.2. The van der Waals surface area contributed by atoms with Crippen molar-refractivity contribution in [2.75, 3.05) is 10.6 Å². The Bertz CT molecular complexity index is 644. The van der Waals surface area contributed by atoms with E-state index in [-0.39, 0.29) is 0 Å². The molecule has 0 saturated heterocycles. The number of hydrogen-bond acceptors (Lipinski definition) is 4. The lowest BCUT2D eigenvalue weighted by Gasteiger charge is -2.22. The van der Waals surface area contributed by atoms with Crippen LogP contribution in [0.5, 0.6) is 0 Å². The molecule has 3 aromatic rings. The first-order valence-electron chi connectivity index (χ1n) is 6.33. The van der Waals surface area contributed by atoms with E-state index in [1.54, 1.807) is 12.3 Å². The number of para-hydroxylation sites is 1. The van der Waals surface area contributed by atoms with E-state index in [9.17, 15) is 0 Å². The summed E-state index contributed by atoms with van der Waals surface area (Å²) in [6.45, 7) is 0. The van der Waals surface area contributed by atoms with Crippen LogP contribution < -0.4 is 10.6 Å². The second-order valence-corrected chi connectivity index (χ2v) is 4.28. The van der Waals surface area contributed by atoms with E-state index in [2.05, 4.69) is 9.97 Å². The van der Waals surface area contributed by atoms with Gasteiger partial charge in [0.2, 0.25) is 0 Å². The molecule has 4 nitrogen and oxygen atoms in total. The van der Waals surface area contributed by atoms with E-state index in [4.69, 9.17) is 5.73 Å². The van der Waals surface area contributed by atoms with Gasteiger partial charge in [0.15, 0.2) is 0 Å². The van der Waals surface area contributed by atoms with Gasteiger partial charge in [0.05, 0.1) is 0 Å². The highest BCUT2D eigenvalue weighted by molar-refractivity contribution is 5.72. The molecule has 0 amide bonds. The minimum Gasteiger partial charge on any atom is -0.384 e. The maximum atomic E-state index is 5.79. The van der Waals surface area contributed by atoms with Crippen LogP contribution in [0.2, 0.25) is 0 Å². The van der Waals surface area contributed by atoms with Crippen LogP contribution in [0.25, 0.3) is 0 Å². The van der Waals surface area contributed by atoms with E-state index in [1.807, 2.05) is 65.6 Å². The molecule has 0 aliphatic carbocycles. The molecule has 1 aromatic carbocycles. The van der Waals surface area contributed by atoms with Crippen LogP contribution in [0, 0.1) is 0 Å². The van der Waals surface area contributed by atoms with Crippen molar-refractivity contribution in [1.82, 2.24) is 9.97 Å². The van der Waals surface area contributed by atoms with Gasteiger partial charge in [0.1, 0.15) is 17.5 Å². The average molecular weight is 262 g/mol. The van der Waals surface area contributed by atoms with Gasteiger partial charge < -0.3 is 5.73 Å². The van der Waals surface area contributed by atoms with Gasteiger partial charge in [-0.25, -0.2) is 9.97 Å². The van der Waals surface area contributed by atoms with Gasteiger partial charge in [0, 0.05) is 11.9 Å². The molecule has 2 N–H and O–H groups in total. The molecule has 0 radical (unpaired) electrons. The topological polar surface area (TPSA) is 55.0 Å². The first-order valence-corrected chi connectivity index (χ1v) is 6.33. The first-order chi connectivity index (χ1) is 9.84. The quantitative estimate of drug-likeness (QED) is 0.784. The summed E-state index contributed by atoms with van der Waals surface area (Å²) in [6.07, 6.45) is 1.76. The highest BCUT2D eigenvalue weighted by atomic mass is 15.2. The number of anilines is 4. The Kier molecular flexibility index (Phi) is 3.29. The summed E-state index contributed by atoms with van der Waals surface area (Å²) < 4.78 is 0. The largest absolute Gasteiger partial charge is 0.384 e. The molecule has 98 valence electrons. The third-order valence-corrected chi connectivity index (χ3v) is 2.88. The van der Waals surface area contributed by atoms with Gasteiger partial charge in [-0.05, 0) is 36.4 Å². The molecule has 0 bridgehead atoms. The summed E-state index contributed by atoms with van der Waals surface area (Å²) in [5, 5.41) is 0. The smallest absolute Gasteiger partial charge is 0.141 e. The summed E-state index contributed by atoms with van der Waals surface area (Å²) in [7, 11) is 0. The van der Waals surface area contributed by atoms with Crippen molar-refractivity contribution >= 4 is 23.1 Å². The summed E-state index contributed by atoms with van der Waals surface area (Å²) >= 11 is 0. The van der Waals surface area contributed by atoms with Crippen LogP contribution in [0.15, 0.2) is 72.9 Å². The van der Waals surface area contributed by atoms with Crippen LogP contribution in [0.3, 0.4) is 0 Å². The number of rotatable bonds is 3. The fraction of sp³-hybridized carbons (Fsp3) is 0. The molecular formula is C16H14N4. The molecule has 0 aliphatic heterocycles. The summed E-state index contributed by atoms with van der Waals surface area (Å²) in [6, 6.07) is 21.3. The van der Waals surface area contributed by atoms with Crippen molar-refractivity contribution in [2.45, 2.75) is 0 Å². The minimum atomic E-state index is 0.486. The molecule has 0 atom stereocenters. The average Bonchev–Trinajstić information content (AvgIpc) is 2.50. The molecule has 0 aliphatic rings. The van der Waals surface area contributed by atoms with Crippen molar-refractivity contribution in [3.05, 3.63) is 72.9 Å². The molecule has 3 rings (SSSR count). The number of aromatic nitrogens is 2. The van der Waals surface area contributed by atoms with Gasteiger partial charge in [-0.2, -0.15) is 0 Å². The van der Waals surface area contributed by atoms with E-state index in [1.165, 1.54) is 0 Å². The van der Waals surface area contributed by atoms with E-state index in [0.29, 0.717) is 5.82 Å². The van der Waals surface area contributed by atoms with Gasteiger partial charge in [0.25, 0.3) is 0 Å². The van der Waals surface area contributed by atoms with Crippen molar-refractivity contribution in [1.29, 1.82) is 0 Å². The maximum Gasteiger partial charge on any atom is 0.141 e. The van der Waals surface area contributed by atoms with Crippen LogP contribution >= 0.6 is 0 Å². The molecule has 0 fully saturated rings. The van der Waals surface area contributed by atoms with Crippen LogP contribution in [0.4, 0.5) is 23.1 Å². The second kappa shape index (κ2) is 5.40. The Morgan fingerprint density at radius 1 is 0.750 bits per heavy atom. The molecule has 20 heavy (non-hydrogen) atoms. The van der Waals surface area contributed by atoms with Gasteiger partial charge in [-0.15, -0.1) is 0 Å². The zero-order chi connectivity index (χ0) is 13.8. The lowest BCUT2D eigenvalue weighted by atomic mass is 10.2. The Labute approximate surface area is 117 Å². The Hall–Kier alpha value is -2.88. The third kappa shape index (κ3) is 2.44. The fourth-order valence-electron chi connectivity index (χ4n) is 2.01. The maximum absolute atomic E-state index is 5.79. The molecule has 0 unspecified atom stereocenters. The molecule has 0 spiro atoms. The number of nitrogens with two attached hydrogens (primary N) is 1. The lowest BCUT2D eigenvalue weighted by Crippen LogP contribution is -2.13. The fourth-order valence-corrected chi connectivity index (χ4v) is 2.01. The number of nitrogen functional groups attached to an aromatic ring is 1. The van der Waals surface area contributed by atoms with E-state index in [0.717, 1.165) is 17.3 Å². The molecule has 0 saturated carbocycles. The highest BCUT2D eigenvalue weighted by Gasteiger charge is 2.13. The predicted molar refractivity (Wildman–Crippen MR) is 81.1 cm³/mol. The number of benzene rings is 1. The van der Waals surface area contributed by atoms with Crippen LogP contribution in [-0.4, -0.2) is 9.97 Å². The second-order valence-electron chi connectivity index (χ2n) is 4.28. The van der Waals surface area contributed by atoms with Crippen LogP contribution in [-0.2, 0) is 0 Å². The Morgan fingerprint density at radius 3 is 2.20 bits per heavy atom. The van der Waals surface area contributed by atoms with Gasteiger partial charge in [-0.3, -0.25) is 4.90 Å². The third-order valence-electron chi connectivity index (χ3n) is 2.88. The minimum absolute atomic E-state index is 0.486. The van der Waals surface area contributed by atoms with Gasteiger partial charge in [-0.1, -0.05) is 30.3 Å². The standard InChI is InChI=1S/C16H14N4/c17-14-9-6-11-16(19-14)20(13-7-2-1-3-8-13)15-10-4-5-12-18-15/h1-12H,(H2,17,19). The summed E-state index contributed by atoms with van der Waals surface area (Å²) in [4.78, 5) is 10.8. The molecular weight excluding hydrogens is 248 g/mol. The number of pyridine rings is 2. The van der Waals surface area contributed by atoms with Gasteiger partial charge >= 0.3 is 0 Å². The zero-order valence-electron chi connectivity index (χ0n) is 10.8. The first kappa shape index (κ1) is 12.2. The highest BCUT2D eigenvalue weighted by Crippen LogP contribution is 2.31. The summed E-state index contributed by atoms with van der Waals surface area (Å²) in [5.41, 5.74) is 6.78.